The maximum absolute atomic E-state index is 13.5. The van der Waals surface area contributed by atoms with Gasteiger partial charge in [0.2, 0.25) is 0 Å². The van der Waals surface area contributed by atoms with Crippen LogP contribution in [0.2, 0.25) is 0 Å². The number of nitrogens with zero attached hydrogens (tertiary/aromatic N) is 1. The highest BCUT2D eigenvalue weighted by atomic mass is 16.5. The minimum atomic E-state index is -0.173. The summed E-state index contributed by atoms with van der Waals surface area (Å²) in [6.45, 7) is 2.77. The molecule has 154 valence electrons. The Kier molecular flexibility index (Phi) is 5.75. The van der Waals surface area contributed by atoms with Gasteiger partial charge in [-0.25, -0.2) is 0 Å². The zero-order valence-electron chi connectivity index (χ0n) is 17.7. The van der Waals surface area contributed by atoms with Crippen molar-refractivity contribution in [1.29, 1.82) is 0 Å². The van der Waals surface area contributed by atoms with E-state index >= 15 is 0 Å². The van der Waals surface area contributed by atoms with Crippen molar-refractivity contribution in [3.63, 3.8) is 0 Å². The summed E-state index contributed by atoms with van der Waals surface area (Å²) in [6, 6.07) is 22.0. The van der Waals surface area contributed by atoms with Gasteiger partial charge in [0.15, 0.2) is 11.5 Å². The highest BCUT2D eigenvalue weighted by Gasteiger charge is 2.33. The average molecular weight is 402 g/mol. The Morgan fingerprint density at radius 2 is 1.63 bits per heavy atom. The van der Waals surface area contributed by atoms with Crippen LogP contribution in [-0.4, -0.2) is 31.6 Å². The number of ether oxygens (including phenoxy) is 2. The number of aryl methyl sites for hydroxylation is 1. The van der Waals surface area contributed by atoms with Gasteiger partial charge in [0.25, 0.3) is 5.91 Å². The number of carbonyl (C=O) groups is 1. The van der Waals surface area contributed by atoms with Crippen LogP contribution < -0.4 is 9.47 Å². The molecule has 1 aliphatic heterocycles. The highest BCUT2D eigenvalue weighted by Crippen LogP contribution is 2.41. The molecule has 3 aromatic carbocycles. The number of fused-ring (bicyclic) bond motifs is 1. The summed E-state index contributed by atoms with van der Waals surface area (Å²) in [5.74, 6) is 1.45. The molecule has 0 saturated carbocycles. The van der Waals surface area contributed by atoms with Crippen LogP contribution in [0.3, 0.4) is 0 Å². The molecule has 0 unspecified atom stereocenters. The van der Waals surface area contributed by atoms with Crippen molar-refractivity contribution in [1.82, 2.24) is 4.90 Å². The van der Waals surface area contributed by atoms with Crippen LogP contribution in [0.25, 0.3) is 0 Å². The SMILES string of the molecule is CCc1ccc(C(=O)N2CCc3cc(OC)c(OC)cc3[C@H]2c2ccccc2)cc1. The third kappa shape index (κ3) is 3.65. The lowest BCUT2D eigenvalue weighted by Crippen LogP contribution is -2.40. The van der Waals surface area contributed by atoms with Gasteiger partial charge < -0.3 is 14.4 Å². The second-order valence-electron chi connectivity index (χ2n) is 7.52. The van der Waals surface area contributed by atoms with E-state index < -0.39 is 0 Å². The third-order valence-electron chi connectivity index (χ3n) is 5.86. The second-order valence-corrected chi connectivity index (χ2v) is 7.52. The predicted molar refractivity (Wildman–Crippen MR) is 118 cm³/mol. The van der Waals surface area contributed by atoms with Gasteiger partial charge in [-0.1, -0.05) is 49.4 Å². The molecule has 4 nitrogen and oxygen atoms in total. The number of methoxy groups -OCH3 is 2. The lowest BCUT2D eigenvalue weighted by molar-refractivity contribution is 0.0694. The Balaban J connectivity index is 1.80. The van der Waals surface area contributed by atoms with E-state index in [4.69, 9.17) is 9.47 Å². The topological polar surface area (TPSA) is 38.8 Å². The van der Waals surface area contributed by atoms with Crippen LogP contribution in [0.1, 0.15) is 45.6 Å². The fourth-order valence-corrected chi connectivity index (χ4v) is 4.21. The molecule has 0 fully saturated rings. The second kappa shape index (κ2) is 8.62. The van der Waals surface area contributed by atoms with Crippen molar-refractivity contribution in [3.8, 4) is 11.5 Å². The molecule has 0 aromatic heterocycles. The van der Waals surface area contributed by atoms with Crippen molar-refractivity contribution in [2.45, 2.75) is 25.8 Å². The molecule has 0 aliphatic carbocycles. The van der Waals surface area contributed by atoms with Crippen LogP contribution >= 0.6 is 0 Å². The fourth-order valence-electron chi connectivity index (χ4n) is 4.21. The monoisotopic (exact) mass is 401 g/mol. The van der Waals surface area contributed by atoms with Gasteiger partial charge in [0, 0.05) is 12.1 Å². The van der Waals surface area contributed by atoms with E-state index in [1.807, 2.05) is 59.5 Å². The first-order chi connectivity index (χ1) is 14.7. The number of hydrogen-bond donors (Lipinski definition) is 0. The maximum Gasteiger partial charge on any atom is 0.254 e. The van der Waals surface area contributed by atoms with Crippen LogP contribution in [0.15, 0.2) is 66.7 Å². The molecule has 1 amide bonds. The van der Waals surface area contributed by atoms with Gasteiger partial charge in [0.1, 0.15) is 0 Å². The van der Waals surface area contributed by atoms with E-state index in [0.717, 1.165) is 35.3 Å². The van der Waals surface area contributed by atoms with E-state index in [1.54, 1.807) is 14.2 Å². The predicted octanol–water partition coefficient (Wildman–Crippen LogP) is 5.05. The van der Waals surface area contributed by atoms with E-state index in [2.05, 4.69) is 19.1 Å². The number of hydrogen-bond acceptors (Lipinski definition) is 3. The molecule has 30 heavy (non-hydrogen) atoms. The van der Waals surface area contributed by atoms with E-state index in [0.29, 0.717) is 12.3 Å². The highest BCUT2D eigenvalue weighted by molar-refractivity contribution is 5.95. The largest absolute Gasteiger partial charge is 0.493 e. The van der Waals surface area contributed by atoms with Crippen LogP contribution in [-0.2, 0) is 12.8 Å². The summed E-state index contributed by atoms with van der Waals surface area (Å²) in [7, 11) is 3.29. The summed E-state index contributed by atoms with van der Waals surface area (Å²) >= 11 is 0. The van der Waals surface area contributed by atoms with Gasteiger partial charge in [-0.05, 0) is 59.4 Å². The first-order valence-corrected chi connectivity index (χ1v) is 10.4. The molecular weight excluding hydrogens is 374 g/mol. The van der Waals surface area contributed by atoms with E-state index in [-0.39, 0.29) is 11.9 Å². The molecule has 1 heterocycles. The smallest absolute Gasteiger partial charge is 0.254 e. The Morgan fingerprint density at radius 3 is 2.27 bits per heavy atom. The summed E-state index contributed by atoms with van der Waals surface area (Å²) in [5.41, 5.74) is 5.31. The average Bonchev–Trinajstić information content (AvgIpc) is 2.82. The van der Waals surface area contributed by atoms with Gasteiger partial charge in [-0.15, -0.1) is 0 Å². The third-order valence-corrected chi connectivity index (χ3v) is 5.86. The summed E-state index contributed by atoms with van der Waals surface area (Å²) in [5, 5.41) is 0. The van der Waals surface area contributed by atoms with Crippen molar-refractivity contribution < 1.29 is 14.3 Å². The Hall–Kier alpha value is -3.27. The molecule has 3 aromatic rings. The van der Waals surface area contributed by atoms with Crippen molar-refractivity contribution >= 4 is 5.91 Å². The Labute approximate surface area is 178 Å². The number of amides is 1. The van der Waals surface area contributed by atoms with E-state index in [1.165, 1.54) is 11.1 Å². The minimum absolute atomic E-state index is 0.0481. The van der Waals surface area contributed by atoms with Gasteiger partial charge in [0.05, 0.1) is 20.3 Å². The van der Waals surface area contributed by atoms with Crippen LogP contribution in [0.4, 0.5) is 0 Å². The molecule has 4 heteroatoms. The van der Waals surface area contributed by atoms with Crippen LogP contribution in [0.5, 0.6) is 11.5 Å². The molecule has 4 rings (SSSR count). The zero-order chi connectivity index (χ0) is 21.1. The molecule has 0 radical (unpaired) electrons. The summed E-state index contributed by atoms with van der Waals surface area (Å²) in [4.78, 5) is 15.5. The summed E-state index contributed by atoms with van der Waals surface area (Å²) < 4.78 is 11.1. The van der Waals surface area contributed by atoms with Gasteiger partial charge >= 0.3 is 0 Å². The first-order valence-electron chi connectivity index (χ1n) is 10.4. The lowest BCUT2D eigenvalue weighted by atomic mass is 9.87. The van der Waals surface area contributed by atoms with Crippen molar-refractivity contribution in [3.05, 3.63) is 94.5 Å². The standard InChI is InChI=1S/C26H27NO3/c1-4-18-10-12-20(13-11-18)26(28)27-15-14-21-16-23(29-2)24(30-3)17-22(21)25(27)19-8-6-5-7-9-19/h5-13,16-17,25H,4,14-15H2,1-3H3/t25-/m1/s1. The Bertz CT molecular complexity index is 1030. The molecule has 0 bridgehead atoms. The summed E-state index contributed by atoms with van der Waals surface area (Å²) in [6.07, 6.45) is 1.73. The lowest BCUT2D eigenvalue weighted by Gasteiger charge is -2.38. The molecule has 1 atom stereocenters. The molecule has 0 saturated heterocycles. The first kappa shape index (κ1) is 20.0. The maximum atomic E-state index is 13.5. The fraction of sp³-hybridized carbons (Fsp3) is 0.269. The van der Waals surface area contributed by atoms with Gasteiger partial charge in [-0.2, -0.15) is 0 Å². The Morgan fingerprint density at radius 1 is 0.967 bits per heavy atom. The number of benzene rings is 3. The van der Waals surface area contributed by atoms with Crippen molar-refractivity contribution in [2.24, 2.45) is 0 Å². The molecule has 1 aliphatic rings. The minimum Gasteiger partial charge on any atom is -0.493 e. The molecule has 0 N–H and O–H groups in total. The van der Waals surface area contributed by atoms with Crippen molar-refractivity contribution in [2.75, 3.05) is 20.8 Å². The number of carbonyl (C=O) groups excluding carboxylic acids is 1. The zero-order valence-corrected chi connectivity index (χ0v) is 17.7. The normalized spacial score (nSPS) is 15.4. The van der Waals surface area contributed by atoms with E-state index in [9.17, 15) is 4.79 Å². The van der Waals surface area contributed by atoms with Crippen LogP contribution in [0, 0.1) is 0 Å². The molecule has 0 spiro atoms. The van der Waals surface area contributed by atoms with Gasteiger partial charge in [-0.3, -0.25) is 4.79 Å². The quantitative estimate of drug-likeness (QED) is 0.600. The number of rotatable bonds is 5. The molecular formula is C26H27NO3.